The molecule has 0 aliphatic carbocycles. The third-order valence-electron chi connectivity index (χ3n) is 5.07. The number of carbonyl (C=O) groups is 2. The van der Waals surface area contributed by atoms with Crippen LogP contribution in [0, 0.1) is 12.8 Å². The molecule has 0 saturated heterocycles. The first-order valence-corrected chi connectivity index (χ1v) is 10.8. The molecule has 1 aliphatic heterocycles. The van der Waals surface area contributed by atoms with Crippen LogP contribution in [0.25, 0.3) is 0 Å². The van der Waals surface area contributed by atoms with Crippen molar-refractivity contribution in [1.29, 1.82) is 0 Å². The second kappa shape index (κ2) is 9.94. The molecule has 3 rings (SSSR count). The first kappa shape index (κ1) is 21.4. The van der Waals surface area contributed by atoms with Crippen molar-refractivity contribution in [2.24, 2.45) is 5.92 Å². The number of thioether (sulfide) groups is 1. The third-order valence-corrected chi connectivity index (χ3v) is 6.54. The number of nitrogens with one attached hydrogen (secondary N) is 1. The first-order valence-electron chi connectivity index (χ1n) is 9.90. The van der Waals surface area contributed by atoms with Gasteiger partial charge in [-0.2, -0.15) is 0 Å². The molecule has 2 atom stereocenters. The Labute approximate surface area is 176 Å². The highest BCUT2D eigenvalue weighted by molar-refractivity contribution is 8.01. The minimum absolute atomic E-state index is 0.0196. The molecule has 0 saturated carbocycles. The summed E-state index contributed by atoms with van der Waals surface area (Å²) in [5.41, 5.74) is 3.17. The molecule has 0 fully saturated rings. The molecule has 5 nitrogen and oxygen atoms in total. The van der Waals surface area contributed by atoms with E-state index in [2.05, 4.69) is 17.4 Å². The molecule has 0 spiro atoms. The number of hydrogen-bond donors (Lipinski definition) is 1. The van der Waals surface area contributed by atoms with Crippen LogP contribution in [0.3, 0.4) is 0 Å². The minimum atomic E-state index is -0.447. The topological polar surface area (TPSA) is 58.6 Å². The van der Waals surface area contributed by atoms with Gasteiger partial charge in [0.1, 0.15) is 5.25 Å². The Kier molecular flexibility index (Phi) is 7.34. The lowest BCUT2D eigenvalue weighted by molar-refractivity contribution is -0.128. The van der Waals surface area contributed by atoms with E-state index in [1.165, 1.54) is 17.3 Å². The lowest BCUT2D eigenvalue weighted by atomic mass is 10.0. The number of benzene rings is 2. The zero-order valence-corrected chi connectivity index (χ0v) is 18.0. The van der Waals surface area contributed by atoms with Crippen LogP contribution < -0.4 is 10.2 Å². The van der Waals surface area contributed by atoms with Crippen LogP contribution in [0.1, 0.15) is 24.5 Å². The average molecular weight is 413 g/mol. The standard InChI is InChI=1S/C23H28N2O3S/c1-16-9-11-18(12-10-16)15-25-19-7-4-5-8-20(19)29-21(23(25)27)17(2)22(26)24-13-6-14-28-3/h4-5,7-12,17,21H,6,13-15H2,1-3H3,(H,24,26)/t17-,21+/m1/s1. The summed E-state index contributed by atoms with van der Waals surface area (Å²) in [6.07, 6.45) is 0.753. The maximum Gasteiger partial charge on any atom is 0.241 e. The van der Waals surface area contributed by atoms with Crippen LogP contribution >= 0.6 is 11.8 Å². The molecule has 1 heterocycles. The Morgan fingerprint density at radius 1 is 1.21 bits per heavy atom. The number of fused-ring (bicyclic) bond motifs is 1. The van der Waals surface area contributed by atoms with Gasteiger partial charge in [0.05, 0.1) is 18.2 Å². The highest BCUT2D eigenvalue weighted by Crippen LogP contribution is 2.42. The summed E-state index contributed by atoms with van der Waals surface area (Å²) in [5, 5.41) is 2.48. The lowest BCUT2D eigenvalue weighted by Crippen LogP contribution is -2.47. The second-order valence-electron chi connectivity index (χ2n) is 7.34. The van der Waals surface area contributed by atoms with Gasteiger partial charge in [0, 0.05) is 25.2 Å². The summed E-state index contributed by atoms with van der Waals surface area (Å²) in [7, 11) is 1.64. The van der Waals surface area contributed by atoms with E-state index in [1.54, 1.807) is 7.11 Å². The number of para-hydroxylation sites is 1. The Bertz CT molecular complexity index is 853. The molecule has 1 aliphatic rings. The number of nitrogens with zero attached hydrogens (tertiary/aromatic N) is 1. The molecule has 0 unspecified atom stereocenters. The molecule has 0 bridgehead atoms. The van der Waals surface area contributed by atoms with E-state index in [9.17, 15) is 9.59 Å². The van der Waals surface area contributed by atoms with Gasteiger partial charge in [-0.1, -0.05) is 48.9 Å². The minimum Gasteiger partial charge on any atom is -0.385 e. The average Bonchev–Trinajstić information content (AvgIpc) is 2.73. The summed E-state index contributed by atoms with van der Waals surface area (Å²) >= 11 is 1.49. The van der Waals surface area contributed by atoms with Crippen molar-refractivity contribution in [2.45, 2.75) is 37.0 Å². The highest BCUT2D eigenvalue weighted by Gasteiger charge is 2.39. The Hall–Kier alpha value is -2.31. The van der Waals surface area contributed by atoms with Gasteiger partial charge >= 0.3 is 0 Å². The van der Waals surface area contributed by atoms with Gasteiger partial charge in [-0.05, 0) is 31.0 Å². The van der Waals surface area contributed by atoms with E-state index in [-0.39, 0.29) is 11.8 Å². The van der Waals surface area contributed by atoms with Gasteiger partial charge in [-0.15, -0.1) is 11.8 Å². The maximum atomic E-state index is 13.4. The Morgan fingerprint density at radius 3 is 2.66 bits per heavy atom. The molecule has 0 aromatic heterocycles. The van der Waals surface area contributed by atoms with Crippen molar-refractivity contribution in [2.75, 3.05) is 25.2 Å². The van der Waals surface area contributed by atoms with E-state index in [4.69, 9.17) is 4.74 Å². The van der Waals surface area contributed by atoms with Crippen molar-refractivity contribution in [3.63, 3.8) is 0 Å². The molecule has 2 amide bonds. The summed E-state index contributed by atoms with van der Waals surface area (Å²) in [4.78, 5) is 28.9. The number of ether oxygens (including phenoxy) is 1. The Balaban J connectivity index is 1.79. The second-order valence-corrected chi connectivity index (χ2v) is 8.53. The Morgan fingerprint density at radius 2 is 1.93 bits per heavy atom. The number of rotatable bonds is 8. The third kappa shape index (κ3) is 5.19. The summed E-state index contributed by atoms with van der Waals surface area (Å²) in [6, 6.07) is 16.1. The van der Waals surface area contributed by atoms with Crippen LogP contribution in [0.2, 0.25) is 0 Å². The highest BCUT2D eigenvalue weighted by atomic mass is 32.2. The molecule has 2 aromatic rings. The molecule has 6 heteroatoms. The van der Waals surface area contributed by atoms with Crippen LogP contribution in [-0.4, -0.2) is 37.3 Å². The number of carbonyl (C=O) groups excluding carboxylic acids is 2. The molecule has 2 aromatic carbocycles. The van der Waals surface area contributed by atoms with Gasteiger partial charge in [-0.25, -0.2) is 0 Å². The zero-order chi connectivity index (χ0) is 20.8. The molecule has 29 heavy (non-hydrogen) atoms. The van der Waals surface area contributed by atoms with Crippen molar-refractivity contribution in [3.8, 4) is 0 Å². The van der Waals surface area contributed by atoms with Crippen molar-refractivity contribution in [3.05, 3.63) is 59.7 Å². The van der Waals surface area contributed by atoms with Gasteiger partial charge in [0.25, 0.3) is 0 Å². The monoisotopic (exact) mass is 412 g/mol. The summed E-state index contributed by atoms with van der Waals surface area (Å²) in [5.74, 6) is -0.542. The van der Waals surface area contributed by atoms with Gasteiger partial charge < -0.3 is 15.0 Å². The van der Waals surface area contributed by atoms with Crippen LogP contribution in [0.4, 0.5) is 5.69 Å². The number of aryl methyl sites for hydroxylation is 1. The van der Waals surface area contributed by atoms with E-state index >= 15 is 0 Å². The number of anilines is 1. The van der Waals surface area contributed by atoms with E-state index < -0.39 is 11.2 Å². The quantitative estimate of drug-likeness (QED) is 0.670. The molecule has 154 valence electrons. The lowest BCUT2D eigenvalue weighted by Gasteiger charge is -2.35. The van der Waals surface area contributed by atoms with Gasteiger partial charge in [-0.3, -0.25) is 9.59 Å². The largest absolute Gasteiger partial charge is 0.385 e. The fraction of sp³-hybridized carbons (Fsp3) is 0.391. The smallest absolute Gasteiger partial charge is 0.241 e. The fourth-order valence-corrected chi connectivity index (χ4v) is 4.61. The fourth-order valence-electron chi connectivity index (χ4n) is 3.32. The maximum absolute atomic E-state index is 13.4. The number of amides is 2. The summed E-state index contributed by atoms with van der Waals surface area (Å²) < 4.78 is 5.02. The molecular weight excluding hydrogens is 384 g/mol. The number of hydrogen-bond acceptors (Lipinski definition) is 4. The van der Waals surface area contributed by atoms with E-state index in [0.717, 1.165) is 22.6 Å². The zero-order valence-electron chi connectivity index (χ0n) is 17.2. The normalized spacial score (nSPS) is 17.0. The molecular formula is C23H28N2O3S. The molecule has 0 radical (unpaired) electrons. The first-order chi connectivity index (χ1) is 14.0. The van der Waals surface area contributed by atoms with Crippen molar-refractivity contribution >= 4 is 29.3 Å². The van der Waals surface area contributed by atoms with E-state index in [0.29, 0.717) is 19.7 Å². The SMILES string of the molecule is COCCCNC(=O)[C@H](C)[C@@H]1Sc2ccccc2N(Cc2ccc(C)cc2)C1=O. The van der Waals surface area contributed by atoms with Crippen LogP contribution in [-0.2, 0) is 20.9 Å². The predicted octanol–water partition coefficient (Wildman–Crippen LogP) is 3.79. The summed E-state index contributed by atoms with van der Waals surface area (Å²) in [6.45, 7) is 5.52. The van der Waals surface area contributed by atoms with Crippen molar-refractivity contribution < 1.29 is 14.3 Å². The molecule has 1 N–H and O–H groups in total. The van der Waals surface area contributed by atoms with Gasteiger partial charge in [0.15, 0.2) is 0 Å². The van der Waals surface area contributed by atoms with Crippen LogP contribution in [0.15, 0.2) is 53.4 Å². The number of methoxy groups -OCH3 is 1. The van der Waals surface area contributed by atoms with Gasteiger partial charge in [0.2, 0.25) is 11.8 Å². The van der Waals surface area contributed by atoms with Crippen LogP contribution in [0.5, 0.6) is 0 Å². The van der Waals surface area contributed by atoms with Crippen molar-refractivity contribution in [1.82, 2.24) is 5.32 Å². The van der Waals surface area contributed by atoms with E-state index in [1.807, 2.05) is 55.1 Å². The predicted molar refractivity (Wildman–Crippen MR) is 117 cm³/mol.